The predicted octanol–water partition coefficient (Wildman–Crippen LogP) is 1.86. The molecule has 0 bridgehead atoms. The number of nitrogens with two attached hydrogens (primary N) is 2. The molecule has 98 valence electrons. The van der Waals surface area contributed by atoms with Gasteiger partial charge in [0.15, 0.2) is 0 Å². The van der Waals surface area contributed by atoms with Crippen molar-refractivity contribution in [2.24, 2.45) is 17.4 Å². The van der Waals surface area contributed by atoms with Crippen LogP contribution in [0.1, 0.15) is 52.9 Å². The highest BCUT2D eigenvalue weighted by atomic mass is 14.8. The Bertz CT molecular complexity index is 146. The van der Waals surface area contributed by atoms with Gasteiger partial charge in [0.25, 0.3) is 0 Å². The van der Waals surface area contributed by atoms with Crippen LogP contribution >= 0.6 is 0 Å². The Balaban J connectivity index is 3.18. The van der Waals surface area contributed by atoms with Crippen molar-refractivity contribution in [3.8, 4) is 0 Å². The van der Waals surface area contributed by atoms with Gasteiger partial charge >= 0.3 is 0 Å². The molecule has 0 aliphatic carbocycles. The van der Waals surface area contributed by atoms with E-state index in [0.717, 1.165) is 31.8 Å². The lowest BCUT2D eigenvalue weighted by Crippen LogP contribution is -2.24. The van der Waals surface area contributed by atoms with E-state index in [1.165, 1.54) is 19.3 Å². The summed E-state index contributed by atoms with van der Waals surface area (Å²) in [7, 11) is 0. The summed E-state index contributed by atoms with van der Waals surface area (Å²) in [5.41, 5.74) is 11.4. The fraction of sp³-hybridized carbons (Fsp3) is 1.00. The lowest BCUT2D eigenvalue weighted by Gasteiger charge is -2.14. The van der Waals surface area contributed by atoms with E-state index in [0.29, 0.717) is 12.1 Å². The summed E-state index contributed by atoms with van der Waals surface area (Å²) < 4.78 is 0. The van der Waals surface area contributed by atoms with Crippen LogP contribution in [0.15, 0.2) is 0 Å². The van der Waals surface area contributed by atoms with Gasteiger partial charge in [-0.1, -0.05) is 13.3 Å². The van der Waals surface area contributed by atoms with Crippen LogP contribution in [0.2, 0.25) is 0 Å². The normalized spacial score (nSPS) is 17.1. The van der Waals surface area contributed by atoms with Crippen molar-refractivity contribution in [3.63, 3.8) is 0 Å². The van der Waals surface area contributed by atoms with Crippen LogP contribution in [0.5, 0.6) is 0 Å². The number of hydrogen-bond donors (Lipinski definition) is 3. The van der Waals surface area contributed by atoms with E-state index in [1.54, 1.807) is 0 Å². The molecule has 0 aliphatic heterocycles. The molecule has 0 amide bonds. The zero-order chi connectivity index (χ0) is 12.4. The maximum atomic E-state index is 5.73. The summed E-state index contributed by atoms with van der Waals surface area (Å²) in [6, 6.07) is 0.693. The smallest absolute Gasteiger partial charge is 0.00105 e. The van der Waals surface area contributed by atoms with Crippen molar-refractivity contribution in [2.45, 2.75) is 65.0 Å². The van der Waals surface area contributed by atoms with E-state index in [1.807, 2.05) is 0 Å². The highest BCUT2D eigenvalue weighted by Gasteiger charge is 2.03. The van der Waals surface area contributed by atoms with Crippen molar-refractivity contribution in [1.29, 1.82) is 0 Å². The first kappa shape index (κ1) is 15.9. The van der Waals surface area contributed by atoms with Crippen LogP contribution in [-0.4, -0.2) is 25.2 Å². The molecule has 0 saturated heterocycles. The minimum atomic E-state index is 0.341. The Kier molecular flexibility index (Phi) is 9.99. The van der Waals surface area contributed by atoms with Gasteiger partial charge in [-0.15, -0.1) is 0 Å². The average Bonchev–Trinajstić information content (AvgIpc) is 2.19. The molecular weight excluding hydrogens is 198 g/mol. The monoisotopic (exact) mass is 229 g/mol. The van der Waals surface area contributed by atoms with Crippen LogP contribution in [0.4, 0.5) is 0 Å². The van der Waals surface area contributed by atoms with Gasteiger partial charge in [0.1, 0.15) is 0 Å². The molecule has 0 rings (SSSR count). The molecular formula is C13H31N3. The van der Waals surface area contributed by atoms with Crippen molar-refractivity contribution in [3.05, 3.63) is 0 Å². The largest absolute Gasteiger partial charge is 0.328 e. The van der Waals surface area contributed by atoms with Gasteiger partial charge in [-0.25, -0.2) is 0 Å². The summed E-state index contributed by atoms with van der Waals surface area (Å²) in [5, 5.41) is 3.50. The standard InChI is InChI=1S/C13H31N3/c1-11(7-8-13(3)15)10-16-9-5-4-6-12(2)14/h11-13,16H,4-10,14-15H2,1-3H3. The molecule has 0 radical (unpaired) electrons. The van der Waals surface area contributed by atoms with Gasteiger partial charge in [-0.05, 0) is 58.5 Å². The number of hydrogen-bond acceptors (Lipinski definition) is 3. The van der Waals surface area contributed by atoms with E-state index in [-0.39, 0.29) is 0 Å². The zero-order valence-electron chi connectivity index (χ0n) is 11.3. The fourth-order valence-corrected chi connectivity index (χ4v) is 1.71. The van der Waals surface area contributed by atoms with Crippen LogP contribution in [0, 0.1) is 5.92 Å². The Labute approximate surface area is 101 Å². The zero-order valence-corrected chi connectivity index (χ0v) is 11.3. The third-order valence-electron chi connectivity index (χ3n) is 2.87. The van der Waals surface area contributed by atoms with Gasteiger partial charge in [0.05, 0.1) is 0 Å². The minimum Gasteiger partial charge on any atom is -0.328 e. The topological polar surface area (TPSA) is 64.1 Å². The molecule has 3 nitrogen and oxygen atoms in total. The quantitative estimate of drug-likeness (QED) is 0.501. The molecule has 0 aromatic heterocycles. The van der Waals surface area contributed by atoms with E-state index in [4.69, 9.17) is 11.5 Å². The van der Waals surface area contributed by atoms with Gasteiger partial charge in [-0.3, -0.25) is 0 Å². The van der Waals surface area contributed by atoms with E-state index in [9.17, 15) is 0 Å². The summed E-state index contributed by atoms with van der Waals surface area (Å²) in [6.45, 7) is 8.68. The first-order valence-electron chi connectivity index (χ1n) is 6.74. The fourth-order valence-electron chi connectivity index (χ4n) is 1.71. The van der Waals surface area contributed by atoms with E-state index < -0.39 is 0 Å². The molecule has 5 N–H and O–H groups in total. The summed E-state index contributed by atoms with van der Waals surface area (Å²) >= 11 is 0. The number of unbranched alkanes of at least 4 members (excludes halogenated alkanes) is 1. The molecule has 3 atom stereocenters. The van der Waals surface area contributed by atoms with Gasteiger partial charge in [0.2, 0.25) is 0 Å². The molecule has 0 saturated carbocycles. The van der Waals surface area contributed by atoms with Crippen molar-refractivity contribution < 1.29 is 0 Å². The van der Waals surface area contributed by atoms with Crippen LogP contribution in [-0.2, 0) is 0 Å². The highest BCUT2D eigenvalue weighted by Crippen LogP contribution is 2.05. The Morgan fingerprint density at radius 1 is 0.875 bits per heavy atom. The molecule has 3 heteroatoms. The summed E-state index contributed by atoms with van der Waals surface area (Å²) in [6.07, 6.45) is 5.97. The molecule has 0 heterocycles. The molecule has 0 aliphatic rings. The molecule has 0 aromatic carbocycles. The average molecular weight is 229 g/mol. The Morgan fingerprint density at radius 3 is 2.06 bits per heavy atom. The number of nitrogens with one attached hydrogen (secondary N) is 1. The van der Waals surface area contributed by atoms with Crippen LogP contribution < -0.4 is 16.8 Å². The van der Waals surface area contributed by atoms with Crippen molar-refractivity contribution in [2.75, 3.05) is 13.1 Å². The molecule has 3 unspecified atom stereocenters. The SMILES string of the molecule is CC(N)CCCCNCC(C)CCC(C)N. The van der Waals surface area contributed by atoms with Crippen LogP contribution in [0.25, 0.3) is 0 Å². The van der Waals surface area contributed by atoms with Gasteiger partial charge in [-0.2, -0.15) is 0 Å². The summed E-state index contributed by atoms with van der Waals surface area (Å²) in [5.74, 6) is 0.736. The van der Waals surface area contributed by atoms with Crippen molar-refractivity contribution in [1.82, 2.24) is 5.32 Å². The molecule has 0 spiro atoms. The summed E-state index contributed by atoms with van der Waals surface area (Å²) in [4.78, 5) is 0. The lowest BCUT2D eigenvalue weighted by atomic mass is 10.0. The van der Waals surface area contributed by atoms with Crippen LogP contribution in [0.3, 0.4) is 0 Å². The first-order chi connectivity index (χ1) is 7.52. The van der Waals surface area contributed by atoms with E-state index in [2.05, 4.69) is 26.1 Å². The second kappa shape index (κ2) is 10.1. The Hall–Kier alpha value is -0.120. The van der Waals surface area contributed by atoms with Crippen molar-refractivity contribution >= 4 is 0 Å². The van der Waals surface area contributed by atoms with E-state index >= 15 is 0 Å². The third-order valence-corrected chi connectivity index (χ3v) is 2.87. The maximum Gasteiger partial charge on any atom is 0.00105 e. The lowest BCUT2D eigenvalue weighted by molar-refractivity contribution is 0.442. The first-order valence-corrected chi connectivity index (χ1v) is 6.74. The van der Waals surface area contributed by atoms with Gasteiger partial charge in [0, 0.05) is 12.1 Å². The maximum absolute atomic E-state index is 5.73. The third kappa shape index (κ3) is 12.0. The number of rotatable bonds is 10. The minimum absolute atomic E-state index is 0.341. The second-order valence-electron chi connectivity index (χ2n) is 5.34. The highest BCUT2D eigenvalue weighted by molar-refractivity contribution is 4.62. The predicted molar refractivity (Wildman–Crippen MR) is 72.4 cm³/mol. The molecule has 0 fully saturated rings. The second-order valence-corrected chi connectivity index (χ2v) is 5.34. The molecule has 0 aromatic rings. The Morgan fingerprint density at radius 2 is 1.50 bits per heavy atom. The molecule has 16 heavy (non-hydrogen) atoms. The van der Waals surface area contributed by atoms with Gasteiger partial charge < -0.3 is 16.8 Å².